The largest absolute Gasteiger partial charge is 0.461 e. The van der Waals surface area contributed by atoms with Crippen molar-refractivity contribution in [3.8, 4) is 6.01 Å². The Balaban J connectivity index is 1.47. The molecule has 3 aliphatic rings. The van der Waals surface area contributed by atoms with Gasteiger partial charge in [-0.05, 0) is 111 Å². The molecular weight excluding hydrogens is 680 g/mol. The molecule has 2 unspecified atom stereocenters. The number of amides is 1. The standard InChI is InChI=1S/C28H38BrFIN5O3/c1-6-35(21-10-13-36(17(21)2)26(37)39-27(3,4)5)24-19-8-9-20(29)22(31)23(19)32-25(33-24)38-16-28-11-7-12-34(28)15-18(30)14-28/h8-9,17-18,21H,6-7,10-16H2,1-5H3/t17?,18-,21?,28+/m1/s1. The molecule has 0 bridgehead atoms. The van der Waals surface area contributed by atoms with Crippen molar-refractivity contribution in [2.75, 3.05) is 37.7 Å². The lowest BCUT2D eigenvalue weighted by Gasteiger charge is -2.35. The Bertz CT molecular complexity index is 1250. The molecule has 3 aliphatic heterocycles. The fourth-order valence-corrected chi connectivity index (χ4v) is 7.40. The van der Waals surface area contributed by atoms with Crippen LogP contribution in [-0.2, 0) is 4.74 Å². The van der Waals surface area contributed by atoms with Gasteiger partial charge in [0.15, 0.2) is 0 Å². The maximum Gasteiger partial charge on any atom is 0.410 e. The quantitative estimate of drug-likeness (QED) is 0.331. The number of benzene rings is 1. The number of anilines is 1. The van der Waals surface area contributed by atoms with Gasteiger partial charge >= 0.3 is 12.1 Å². The van der Waals surface area contributed by atoms with Crippen LogP contribution in [0.5, 0.6) is 6.01 Å². The highest BCUT2D eigenvalue weighted by Crippen LogP contribution is 2.41. The van der Waals surface area contributed by atoms with E-state index in [9.17, 15) is 9.18 Å². The fourth-order valence-electron chi connectivity index (χ4n) is 6.49. The zero-order valence-corrected chi connectivity index (χ0v) is 27.1. The lowest BCUT2D eigenvalue weighted by molar-refractivity contribution is 0.0233. The van der Waals surface area contributed by atoms with Gasteiger partial charge in [-0.25, -0.2) is 9.18 Å². The maximum atomic E-state index is 14.3. The van der Waals surface area contributed by atoms with Gasteiger partial charge in [-0.2, -0.15) is 9.97 Å². The minimum atomic E-state index is -0.814. The molecule has 4 atom stereocenters. The van der Waals surface area contributed by atoms with E-state index in [1.54, 1.807) is 0 Å². The first-order valence-electron chi connectivity index (χ1n) is 13.9. The van der Waals surface area contributed by atoms with Crippen LogP contribution in [0.1, 0.15) is 60.3 Å². The fraction of sp³-hybridized carbons (Fsp3) is 0.679. The Morgan fingerprint density at radius 1 is 1.31 bits per heavy atom. The monoisotopic (exact) mass is 717 g/mol. The summed E-state index contributed by atoms with van der Waals surface area (Å²) in [5.74, 6) is 0.793. The van der Waals surface area contributed by atoms with E-state index >= 15 is 0 Å². The Kier molecular flexibility index (Phi) is 8.25. The van der Waals surface area contributed by atoms with Crippen LogP contribution in [0.4, 0.5) is 15.0 Å². The summed E-state index contributed by atoms with van der Waals surface area (Å²) in [5, 5.41) is 0.935. The van der Waals surface area contributed by atoms with Crippen LogP contribution in [0.15, 0.2) is 16.6 Å². The highest BCUT2D eigenvalue weighted by Gasteiger charge is 2.49. The third-order valence-corrected chi connectivity index (χ3v) is 10.8. The molecule has 2 aromatic rings. The number of likely N-dealkylation sites (tertiary alicyclic amines) is 1. The van der Waals surface area contributed by atoms with E-state index in [1.165, 1.54) is 0 Å². The maximum absolute atomic E-state index is 14.3. The van der Waals surface area contributed by atoms with Crippen LogP contribution < -0.4 is 9.64 Å². The molecule has 1 aromatic heterocycles. The normalized spacial score (nSPS) is 27.3. The van der Waals surface area contributed by atoms with E-state index in [4.69, 9.17) is 19.4 Å². The van der Waals surface area contributed by atoms with Gasteiger partial charge in [0.25, 0.3) is 0 Å². The number of carbonyl (C=O) groups excluding carboxylic acids is 1. The highest BCUT2D eigenvalue weighted by atomic mass is 127. The summed E-state index contributed by atoms with van der Waals surface area (Å²) >= 11 is 5.95. The van der Waals surface area contributed by atoms with Crippen molar-refractivity contribution in [2.45, 2.75) is 89.7 Å². The van der Waals surface area contributed by atoms with Crippen molar-refractivity contribution in [3.63, 3.8) is 0 Å². The summed E-state index contributed by atoms with van der Waals surface area (Å²) < 4.78 is 28.3. The number of halogens is 3. The smallest absolute Gasteiger partial charge is 0.410 e. The molecule has 0 N–H and O–H groups in total. The summed E-state index contributed by atoms with van der Waals surface area (Å²) in [6.45, 7) is 12.9. The van der Waals surface area contributed by atoms with Gasteiger partial charge in [0.1, 0.15) is 24.2 Å². The molecule has 3 fully saturated rings. The molecular formula is C28H38BrFIN5O3. The van der Waals surface area contributed by atoms with E-state index < -0.39 is 11.8 Å². The number of hydrogen-bond donors (Lipinski definition) is 0. The van der Waals surface area contributed by atoms with Crippen LogP contribution in [0, 0.1) is 3.57 Å². The average Bonchev–Trinajstić information content (AvgIpc) is 3.52. The van der Waals surface area contributed by atoms with Crippen LogP contribution in [0.2, 0.25) is 0 Å². The number of hydrogen-bond acceptors (Lipinski definition) is 7. The predicted molar refractivity (Wildman–Crippen MR) is 162 cm³/mol. The zero-order chi connectivity index (χ0) is 28.1. The Morgan fingerprint density at radius 3 is 2.79 bits per heavy atom. The average molecular weight is 718 g/mol. The van der Waals surface area contributed by atoms with Crippen LogP contribution in [-0.4, -0.2) is 88.0 Å². The second-order valence-electron chi connectivity index (χ2n) is 12.0. The summed E-state index contributed by atoms with van der Waals surface area (Å²) in [6.07, 6.45) is 2.19. The Hall–Kier alpha value is -1.47. The zero-order valence-electron chi connectivity index (χ0n) is 23.3. The molecule has 4 heterocycles. The topological polar surface area (TPSA) is 71.0 Å². The summed E-state index contributed by atoms with van der Waals surface area (Å²) in [4.78, 5) is 29.1. The molecule has 39 heavy (non-hydrogen) atoms. The molecule has 0 saturated carbocycles. The van der Waals surface area contributed by atoms with Crippen molar-refractivity contribution in [3.05, 3.63) is 20.2 Å². The number of aromatic nitrogens is 2. The van der Waals surface area contributed by atoms with Crippen molar-refractivity contribution >= 4 is 61.3 Å². The highest BCUT2D eigenvalue weighted by molar-refractivity contribution is 14.1. The van der Waals surface area contributed by atoms with Gasteiger partial charge in [0.2, 0.25) is 0 Å². The molecule has 3 saturated heterocycles. The molecule has 0 aliphatic carbocycles. The van der Waals surface area contributed by atoms with E-state index in [2.05, 4.69) is 62.2 Å². The van der Waals surface area contributed by atoms with E-state index in [1.807, 2.05) is 37.8 Å². The number of rotatable bonds is 6. The van der Waals surface area contributed by atoms with Gasteiger partial charge in [-0.3, -0.25) is 4.90 Å². The molecule has 5 rings (SSSR count). The van der Waals surface area contributed by atoms with Crippen molar-refractivity contribution in [1.82, 2.24) is 19.8 Å². The number of fused-ring (bicyclic) bond motifs is 2. The van der Waals surface area contributed by atoms with Crippen molar-refractivity contribution in [1.29, 1.82) is 0 Å². The first-order chi connectivity index (χ1) is 18.4. The summed E-state index contributed by atoms with van der Waals surface area (Å²) in [6, 6.07) is 4.36. The molecule has 214 valence electrons. The van der Waals surface area contributed by atoms with Gasteiger partial charge in [0, 0.05) is 35.9 Å². The summed E-state index contributed by atoms with van der Waals surface area (Å²) in [5.41, 5.74) is -0.0108. The number of carbonyl (C=O) groups is 1. The van der Waals surface area contributed by atoms with Crippen molar-refractivity contribution < 1.29 is 18.7 Å². The summed E-state index contributed by atoms with van der Waals surface area (Å²) in [7, 11) is 0. The first-order valence-corrected chi connectivity index (χ1v) is 15.7. The molecule has 11 heteroatoms. The lowest BCUT2D eigenvalue weighted by atomic mass is 9.95. The predicted octanol–water partition coefficient (Wildman–Crippen LogP) is 6.18. The number of alkyl halides is 1. The third-order valence-electron chi connectivity index (χ3n) is 8.31. The minimum absolute atomic E-state index is 0.0563. The number of nitrogens with zero attached hydrogens (tertiary/aromatic N) is 5. The Labute approximate surface area is 252 Å². The number of likely N-dealkylation sites (N-methyl/N-ethyl adjacent to an activating group) is 1. The third kappa shape index (κ3) is 5.68. The second-order valence-corrected chi connectivity index (χ2v) is 13.9. The molecule has 0 spiro atoms. The molecule has 1 aromatic carbocycles. The van der Waals surface area contributed by atoms with Gasteiger partial charge in [-0.1, -0.05) is 0 Å². The number of ether oxygens (including phenoxy) is 2. The SMILES string of the molecule is CCN(c1nc(OC[C@@]23CCCN2C[C@H](F)C3)nc2c(I)c(Br)ccc12)C1CCN(C(=O)OC(C)(C)C)C1C. The van der Waals surface area contributed by atoms with Gasteiger partial charge < -0.3 is 19.3 Å². The molecule has 0 radical (unpaired) electrons. The minimum Gasteiger partial charge on any atom is -0.461 e. The lowest BCUT2D eigenvalue weighted by Crippen LogP contribution is -2.47. The van der Waals surface area contributed by atoms with Crippen LogP contribution in [0.25, 0.3) is 10.9 Å². The van der Waals surface area contributed by atoms with Crippen LogP contribution >= 0.6 is 38.5 Å². The van der Waals surface area contributed by atoms with Crippen molar-refractivity contribution in [2.24, 2.45) is 0 Å². The van der Waals surface area contributed by atoms with Gasteiger partial charge in [0.05, 0.1) is 26.7 Å². The van der Waals surface area contributed by atoms with Crippen LogP contribution in [0.3, 0.4) is 0 Å². The van der Waals surface area contributed by atoms with E-state index in [0.717, 1.165) is 50.6 Å². The first kappa shape index (κ1) is 29.0. The Morgan fingerprint density at radius 2 is 2.08 bits per heavy atom. The molecule has 1 amide bonds. The molecule has 8 nitrogen and oxygen atoms in total. The second kappa shape index (κ2) is 11.1. The van der Waals surface area contributed by atoms with E-state index in [-0.39, 0.29) is 23.7 Å². The van der Waals surface area contributed by atoms with E-state index in [0.29, 0.717) is 38.7 Å². The van der Waals surface area contributed by atoms with Gasteiger partial charge in [-0.15, -0.1) is 0 Å².